The van der Waals surface area contributed by atoms with Crippen LogP contribution >= 0.6 is 0 Å². The summed E-state index contributed by atoms with van der Waals surface area (Å²) in [4.78, 5) is 24.8. The van der Waals surface area contributed by atoms with Crippen LogP contribution in [0.3, 0.4) is 0 Å². The van der Waals surface area contributed by atoms with E-state index < -0.39 is 11.3 Å². The highest BCUT2D eigenvalue weighted by Crippen LogP contribution is 2.31. The highest BCUT2D eigenvalue weighted by Gasteiger charge is 2.15. The molecule has 0 radical (unpaired) electrons. The van der Waals surface area contributed by atoms with Crippen LogP contribution in [0, 0.1) is 0 Å². The maximum absolute atomic E-state index is 12.7. The van der Waals surface area contributed by atoms with Gasteiger partial charge in [0.1, 0.15) is 16.9 Å². The van der Waals surface area contributed by atoms with E-state index in [9.17, 15) is 9.59 Å². The number of rotatable bonds is 2. The molecule has 0 saturated heterocycles. The molecule has 2 aromatic heterocycles. The number of benzene rings is 3. The van der Waals surface area contributed by atoms with Crippen molar-refractivity contribution in [1.29, 1.82) is 0 Å². The largest absolute Gasteiger partial charge is 0.497 e. The quantitative estimate of drug-likeness (QED) is 0.332. The molecule has 0 spiro atoms. The van der Waals surface area contributed by atoms with E-state index in [-0.39, 0.29) is 0 Å². The second kappa shape index (κ2) is 6.09. The minimum Gasteiger partial charge on any atom is -0.497 e. The van der Waals surface area contributed by atoms with E-state index in [2.05, 4.69) is 0 Å². The van der Waals surface area contributed by atoms with Crippen molar-refractivity contribution in [2.24, 2.45) is 0 Å². The van der Waals surface area contributed by atoms with Gasteiger partial charge in [-0.25, -0.2) is 9.59 Å². The van der Waals surface area contributed by atoms with E-state index in [0.717, 1.165) is 16.2 Å². The van der Waals surface area contributed by atoms with Crippen molar-refractivity contribution >= 4 is 32.7 Å². The predicted octanol–water partition coefficient (Wildman–Crippen LogP) is 4.73. The van der Waals surface area contributed by atoms with Crippen LogP contribution < -0.4 is 16.0 Å². The van der Waals surface area contributed by atoms with Gasteiger partial charge in [0, 0.05) is 28.5 Å². The lowest BCUT2D eigenvalue weighted by atomic mass is 10.00. The van der Waals surface area contributed by atoms with E-state index in [1.807, 2.05) is 30.3 Å². The lowest BCUT2D eigenvalue weighted by molar-refractivity contribution is 0.414. The minimum atomic E-state index is -0.548. The zero-order chi connectivity index (χ0) is 19.3. The summed E-state index contributed by atoms with van der Waals surface area (Å²) in [6, 6.07) is 19.8. The maximum Gasteiger partial charge on any atom is 0.344 e. The van der Waals surface area contributed by atoms with Gasteiger partial charge in [0.15, 0.2) is 0 Å². The minimum absolute atomic E-state index is 0.312. The van der Waals surface area contributed by atoms with E-state index >= 15 is 0 Å². The Balaban J connectivity index is 1.89. The van der Waals surface area contributed by atoms with E-state index in [1.54, 1.807) is 30.3 Å². The molecule has 0 atom stereocenters. The Morgan fingerprint density at radius 1 is 0.714 bits per heavy atom. The maximum atomic E-state index is 12.7. The number of fused-ring (bicyclic) bond motifs is 4. The van der Waals surface area contributed by atoms with Gasteiger partial charge in [0.25, 0.3) is 0 Å². The average molecular weight is 370 g/mol. The first-order valence-corrected chi connectivity index (χ1v) is 8.72. The van der Waals surface area contributed by atoms with Crippen molar-refractivity contribution in [3.8, 4) is 16.9 Å². The smallest absolute Gasteiger partial charge is 0.344 e. The van der Waals surface area contributed by atoms with Gasteiger partial charge in [-0.1, -0.05) is 30.3 Å². The van der Waals surface area contributed by atoms with Gasteiger partial charge in [-0.05, 0) is 35.0 Å². The highest BCUT2D eigenvalue weighted by molar-refractivity contribution is 6.07. The summed E-state index contributed by atoms with van der Waals surface area (Å²) in [5.41, 5.74) is 0.573. The van der Waals surface area contributed by atoms with Crippen LogP contribution in [-0.4, -0.2) is 7.11 Å². The fourth-order valence-corrected chi connectivity index (χ4v) is 3.55. The fourth-order valence-electron chi connectivity index (χ4n) is 3.55. The molecule has 0 amide bonds. The second-order valence-corrected chi connectivity index (χ2v) is 6.49. The molecule has 0 saturated carbocycles. The summed E-state index contributed by atoms with van der Waals surface area (Å²) in [5.74, 6) is 0.560. The summed E-state index contributed by atoms with van der Waals surface area (Å²) < 4.78 is 16.1. The van der Waals surface area contributed by atoms with Gasteiger partial charge < -0.3 is 13.6 Å². The Bertz CT molecular complexity index is 1490. The van der Waals surface area contributed by atoms with Gasteiger partial charge in [-0.2, -0.15) is 0 Å². The first kappa shape index (κ1) is 16.3. The summed E-state index contributed by atoms with van der Waals surface area (Å²) >= 11 is 0. The third kappa shape index (κ3) is 2.48. The lowest BCUT2D eigenvalue weighted by Crippen LogP contribution is -2.06. The third-order valence-corrected chi connectivity index (χ3v) is 4.88. The lowest BCUT2D eigenvalue weighted by Gasteiger charge is -2.08. The molecule has 0 bridgehead atoms. The van der Waals surface area contributed by atoms with Crippen LogP contribution in [0.2, 0.25) is 0 Å². The molecule has 3 aromatic carbocycles. The molecule has 5 rings (SSSR count). The Labute approximate surface area is 158 Å². The van der Waals surface area contributed by atoms with Crippen molar-refractivity contribution in [1.82, 2.24) is 0 Å². The average Bonchev–Trinajstić information content (AvgIpc) is 2.72. The molecule has 0 aliphatic rings. The molecule has 136 valence electrons. The van der Waals surface area contributed by atoms with Crippen LogP contribution in [0.25, 0.3) is 43.8 Å². The van der Waals surface area contributed by atoms with Crippen molar-refractivity contribution in [3.63, 3.8) is 0 Å². The van der Waals surface area contributed by atoms with E-state index in [0.29, 0.717) is 33.4 Å². The Morgan fingerprint density at radius 2 is 1.57 bits per heavy atom. The summed E-state index contributed by atoms with van der Waals surface area (Å²) in [5, 5.41) is 3.45. The topological polar surface area (TPSA) is 69.7 Å². The molecule has 0 unspecified atom stereocenters. The van der Waals surface area contributed by atoms with Crippen LogP contribution in [0.5, 0.6) is 5.75 Å². The first-order chi connectivity index (χ1) is 13.6. The fraction of sp³-hybridized carbons (Fsp3) is 0.0435. The molecule has 5 aromatic rings. The van der Waals surface area contributed by atoms with Crippen LogP contribution in [0.4, 0.5) is 0 Å². The highest BCUT2D eigenvalue weighted by atomic mass is 16.5. The van der Waals surface area contributed by atoms with E-state index in [4.69, 9.17) is 13.6 Å². The van der Waals surface area contributed by atoms with Crippen LogP contribution in [0.1, 0.15) is 0 Å². The molecule has 0 aliphatic heterocycles. The van der Waals surface area contributed by atoms with Crippen molar-refractivity contribution in [2.75, 3.05) is 7.11 Å². The molecule has 0 fully saturated rings. The molecule has 28 heavy (non-hydrogen) atoms. The van der Waals surface area contributed by atoms with Gasteiger partial charge in [-0.15, -0.1) is 0 Å². The van der Waals surface area contributed by atoms with Gasteiger partial charge in [-0.3, -0.25) is 0 Å². The standard InChI is InChI=1S/C23H14O5/c1-26-14-7-8-16-17(12-22(24)27-21(16)10-14)19-11-18-15-5-3-2-4-13(15)6-9-20(18)28-23(19)25/h2-12H,1H3. The van der Waals surface area contributed by atoms with Crippen molar-refractivity contribution in [2.45, 2.75) is 0 Å². The molecule has 0 aliphatic carbocycles. The molecule has 5 nitrogen and oxygen atoms in total. The SMILES string of the molecule is COc1ccc2c(-c3cc4c(ccc5ccccc54)oc3=O)cc(=O)oc2c1. The first-order valence-electron chi connectivity index (χ1n) is 8.72. The van der Waals surface area contributed by atoms with Crippen LogP contribution in [0.15, 0.2) is 85.2 Å². The monoisotopic (exact) mass is 370 g/mol. The van der Waals surface area contributed by atoms with Gasteiger partial charge in [0.05, 0.1) is 12.7 Å². The Kier molecular flexibility index (Phi) is 3.55. The Morgan fingerprint density at radius 3 is 2.43 bits per heavy atom. The molecular weight excluding hydrogens is 356 g/mol. The third-order valence-electron chi connectivity index (χ3n) is 4.88. The Hall–Kier alpha value is -3.86. The summed E-state index contributed by atoms with van der Waals surface area (Å²) in [6.07, 6.45) is 0. The normalized spacial score (nSPS) is 11.3. The van der Waals surface area contributed by atoms with E-state index in [1.165, 1.54) is 13.2 Å². The molecule has 2 heterocycles. The van der Waals surface area contributed by atoms with Gasteiger partial charge >= 0.3 is 11.3 Å². The number of methoxy groups -OCH3 is 1. The number of hydrogen-bond donors (Lipinski definition) is 0. The zero-order valence-electron chi connectivity index (χ0n) is 14.9. The number of hydrogen-bond acceptors (Lipinski definition) is 5. The van der Waals surface area contributed by atoms with Gasteiger partial charge in [0.2, 0.25) is 0 Å². The molecular formula is C23H14O5. The number of ether oxygens (including phenoxy) is 1. The predicted molar refractivity (Wildman–Crippen MR) is 108 cm³/mol. The second-order valence-electron chi connectivity index (χ2n) is 6.49. The van der Waals surface area contributed by atoms with Crippen LogP contribution in [-0.2, 0) is 0 Å². The van der Waals surface area contributed by atoms with Crippen molar-refractivity contribution in [3.05, 3.63) is 87.6 Å². The summed E-state index contributed by atoms with van der Waals surface area (Å²) in [7, 11) is 1.53. The van der Waals surface area contributed by atoms with Crippen molar-refractivity contribution < 1.29 is 13.6 Å². The zero-order valence-corrected chi connectivity index (χ0v) is 14.9. The molecule has 0 N–H and O–H groups in total. The summed E-state index contributed by atoms with van der Waals surface area (Å²) in [6.45, 7) is 0. The molecule has 5 heteroatoms.